The Balaban J connectivity index is 0.00000144. The third kappa shape index (κ3) is 3.85. The van der Waals surface area contributed by atoms with Crippen LogP contribution in [-0.2, 0) is 4.79 Å². The maximum absolute atomic E-state index is 12.3. The molecule has 100 valence electrons. The number of amides is 1. The van der Waals surface area contributed by atoms with E-state index in [9.17, 15) is 4.79 Å². The number of piperidine rings is 2. The zero-order valence-corrected chi connectivity index (χ0v) is 11.8. The van der Waals surface area contributed by atoms with Crippen molar-refractivity contribution < 1.29 is 4.79 Å². The van der Waals surface area contributed by atoms with Gasteiger partial charge in [0.15, 0.2) is 0 Å². The Hall–Kier alpha value is -0.280. The van der Waals surface area contributed by atoms with E-state index in [4.69, 9.17) is 0 Å². The van der Waals surface area contributed by atoms with Gasteiger partial charge < -0.3 is 10.2 Å². The van der Waals surface area contributed by atoms with Crippen molar-refractivity contribution in [3.05, 3.63) is 0 Å². The van der Waals surface area contributed by atoms with Crippen LogP contribution in [0.4, 0.5) is 0 Å². The molecule has 0 aromatic rings. The Labute approximate surface area is 111 Å². The summed E-state index contributed by atoms with van der Waals surface area (Å²) >= 11 is 0. The first-order valence-electron chi connectivity index (χ1n) is 6.58. The molecule has 0 aliphatic carbocycles. The van der Waals surface area contributed by atoms with E-state index in [1.807, 2.05) is 0 Å². The van der Waals surface area contributed by atoms with Crippen LogP contribution >= 0.6 is 12.4 Å². The Kier molecular flexibility index (Phi) is 5.26. The zero-order valence-electron chi connectivity index (χ0n) is 11.0. The minimum absolute atomic E-state index is 0. The molecule has 0 radical (unpaired) electrons. The highest BCUT2D eigenvalue weighted by molar-refractivity contribution is 5.85. The molecule has 2 heterocycles. The molecule has 1 amide bonds. The summed E-state index contributed by atoms with van der Waals surface area (Å²) in [5, 5.41) is 3.32. The van der Waals surface area contributed by atoms with Crippen molar-refractivity contribution in [3.63, 3.8) is 0 Å². The SMILES string of the molecule is CC1(C)CCN(C(=O)C2CCCNC2)CC1.Cl. The van der Waals surface area contributed by atoms with Crippen molar-refractivity contribution in [2.75, 3.05) is 26.2 Å². The van der Waals surface area contributed by atoms with Crippen LogP contribution in [0.5, 0.6) is 0 Å². The highest BCUT2D eigenvalue weighted by Gasteiger charge is 2.31. The second-order valence-electron chi connectivity index (χ2n) is 6.03. The number of carbonyl (C=O) groups is 1. The van der Waals surface area contributed by atoms with Crippen molar-refractivity contribution in [2.45, 2.75) is 39.5 Å². The van der Waals surface area contributed by atoms with Crippen LogP contribution in [0, 0.1) is 11.3 Å². The quantitative estimate of drug-likeness (QED) is 0.783. The van der Waals surface area contributed by atoms with Gasteiger partial charge in [-0.15, -0.1) is 12.4 Å². The van der Waals surface area contributed by atoms with E-state index in [0.717, 1.165) is 51.9 Å². The highest BCUT2D eigenvalue weighted by atomic mass is 35.5. The van der Waals surface area contributed by atoms with E-state index in [1.165, 1.54) is 0 Å². The minimum atomic E-state index is 0. The lowest BCUT2D eigenvalue weighted by Crippen LogP contribution is -2.47. The predicted molar refractivity (Wildman–Crippen MR) is 72.4 cm³/mol. The number of rotatable bonds is 1. The number of halogens is 1. The van der Waals surface area contributed by atoms with Gasteiger partial charge in [0.05, 0.1) is 5.92 Å². The Morgan fingerprint density at radius 2 is 1.94 bits per heavy atom. The molecule has 0 aromatic carbocycles. The second-order valence-corrected chi connectivity index (χ2v) is 6.03. The normalized spacial score (nSPS) is 28.4. The van der Waals surface area contributed by atoms with Crippen LogP contribution in [0.25, 0.3) is 0 Å². The summed E-state index contributed by atoms with van der Waals surface area (Å²) < 4.78 is 0. The fourth-order valence-corrected chi connectivity index (χ4v) is 2.65. The monoisotopic (exact) mass is 260 g/mol. The molecule has 0 spiro atoms. The van der Waals surface area contributed by atoms with Gasteiger partial charge in [-0.2, -0.15) is 0 Å². The molecule has 2 fully saturated rings. The summed E-state index contributed by atoms with van der Waals surface area (Å²) in [4.78, 5) is 14.3. The molecule has 0 aromatic heterocycles. The third-order valence-electron chi connectivity index (χ3n) is 4.07. The van der Waals surface area contributed by atoms with Gasteiger partial charge in [-0.05, 0) is 37.6 Å². The van der Waals surface area contributed by atoms with Crippen molar-refractivity contribution >= 4 is 18.3 Å². The number of likely N-dealkylation sites (tertiary alicyclic amines) is 1. The molecule has 3 nitrogen and oxygen atoms in total. The lowest BCUT2D eigenvalue weighted by atomic mass is 9.82. The molecule has 17 heavy (non-hydrogen) atoms. The largest absolute Gasteiger partial charge is 0.342 e. The lowest BCUT2D eigenvalue weighted by Gasteiger charge is -2.39. The molecule has 1 atom stereocenters. The Morgan fingerprint density at radius 1 is 1.29 bits per heavy atom. The van der Waals surface area contributed by atoms with E-state index in [0.29, 0.717) is 11.3 Å². The predicted octanol–water partition coefficient (Wildman–Crippen LogP) is 2.06. The number of nitrogens with zero attached hydrogens (tertiary/aromatic N) is 1. The van der Waals surface area contributed by atoms with Crippen molar-refractivity contribution in [1.29, 1.82) is 0 Å². The average Bonchev–Trinajstić information content (AvgIpc) is 2.29. The maximum Gasteiger partial charge on any atom is 0.226 e. The van der Waals surface area contributed by atoms with Gasteiger partial charge in [-0.3, -0.25) is 4.79 Å². The molecule has 0 saturated carbocycles. The van der Waals surface area contributed by atoms with Gasteiger partial charge in [0.1, 0.15) is 0 Å². The van der Waals surface area contributed by atoms with Crippen molar-refractivity contribution in [1.82, 2.24) is 10.2 Å². The molecule has 4 heteroatoms. The highest BCUT2D eigenvalue weighted by Crippen LogP contribution is 2.30. The van der Waals surface area contributed by atoms with E-state index < -0.39 is 0 Å². The van der Waals surface area contributed by atoms with Gasteiger partial charge in [0.2, 0.25) is 5.91 Å². The molecule has 1 unspecified atom stereocenters. The summed E-state index contributed by atoms with van der Waals surface area (Å²) in [6, 6.07) is 0. The number of hydrogen-bond acceptors (Lipinski definition) is 2. The van der Waals surface area contributed by atoms with Crippen LogP contribution in [0.3, 0.4) is 0 Å². The molecule has 2 saturated heterocycles. The van der Waals surface area contributed by atoms with Crippen LogP contribution < -0.4 is 5.32 Å². The van der Waals surface area contributed by atoms with Crippen LogP contribution in [0.15, 0.2) is 0 Å². The van der Waals surface area contributed by atoms with Crippen LogP contribution in [-0.4, -0.2) is 37.0 Å². The summed E-state index contributed by atoms with van der Waals surface area (Å²) in [5.41, 5.74) is 0.432. The van der Waals surface area contributed by atoms with Gasteiger partial charge in [-0.1, -0.05) is 13.8 Å². The summed E-state index contributed by atoms with van der Waals surface area (Å²) in [6.45, 7) is 8.49. The topological polar surface area (TPSA) is 32.3 Å². The molecule has 0 bridgehead atoms. The van der Waals surface area contributed by atoms with Gasteiger partial charge in [-0.25, -0.2) is 0 Å². The van der Waals surface area contributed by atoms with E-state index >= 15 is 0 Å². The fourth-order valence-electron chi connectivity index (χ4n) is 2.65. The smallest absolute Gasteiger partial charge is 0.226 e. The lowest BCUT2D eigenvalue weighted by molar-refractivity contribution is -0.138. The second kappa shape index (κ2) is 6.05. The number of nitrogens with one attached hydrogen (secondary N) is 1. The van der Waals surface area contributed by atoms with E-state index in [2.05, 4.69) is 24.1 Å². The zero-order chi connectivity index (χ0) is 11.6. The third-order valence-corrected chi connectivity index (χ3v) is 4.07. The summed E-state index contributed by atoms with van der Waals surface area (Å²) in [7, 11) is 0. The molecule has 2 rings (SSSR count). The molecular weight excluding hydrogens is 236 g/mol. The molecule has 1 N–H and O–H groups in total. The fraction of sp³-hybridized carbons (Fsp3) is 0.923. The molecule has 2 aliphatic rings. The van der Waals surface area contributed by atoms with Gasteiger partial charge in [0, 0.05) is 19.6 Å². The van der Waals surface area contributed by atoms with Crippen LogP contribution in [0.2, 0.25) is 0 Å². The first kappa shape index (κ1) is 14.8. The first-order valence-corrected chi connectivity index (χ1v) is 6.58. The maximum atomic E-state index is 12.3. The van der Waals surface area contributed by atoms with Crippen molar-refractivity contribution in [3.8, 4) is 0 Å². The van der Waals surface area contributed by atoms with Gasteiger partial charge >= 0.3 is 0 Å². The standard InChI is InChI=1S/C13H24N2O.ClH/c1-13(2)5-8-15(9-6-13)12(16)11-4-3-7-14-10-11;/h11,14H,3-10H2,1-2H3;1H. The van der Waals surface area contributed by atoms with E-state index in [-0.39, 0.29) is 18.3 Å². The van der Waals surface area contributed by atoms with E-state index in [1.54, 1.807) is 0 Å². The molecular formula is C13H25ClN2O. The number of carbonyl (C=O) groups excluding carboxylic acids is 1. The van der Waals surface area contributed by atoms with Crippen molar-refractivity contribution in [2.24, 2.45) is 11.3 Å². The first-order chi connectivity index (χ1) is 7.58. The molecule has 2 aliphatic heterocycles. The van der Waals surface area contributed by atoms with Crippen LogP contribution in [0.1, 0.15) is 39.5 Å². The summed E-state index contributed by atoms with van der Waals surface area (Å²) in [6.07, 6.45) is 4.53. The minimum Gasteiger partial charge on any atom is -0.342 e. The Bertz CT molecular complexity index is 252. The number of hydrogen-bond donors (Lipinski definition) is 1. The summed E-state index contributed by atoms with van der Waals surface area (Å²) in [5.74, 6) is 0.637. The Morgan fingerprint density at radius 3 is 2.47 bits per heavy atom. The average molecular weight is 261 g/mol. The van der Waals surface area contributed by atoms with Gasteiger partial charge in [0.25, 0.3) is 0 Å².